The first-order chi connectivity index (χ1) is 9.47. The standard InChI is InChI=1S/C16H16FN3/c1-9-6-10(2)15(11(3)7-9)20-14-5-4-12(17)8-13(14)19-16(20)18/h4-8H,1-3H3,(H2,18,19). The van der Waals surface area contributed by atoms with Crippen molar-refractivity contribution in [1.82, 2.24) is 9.55 Å². The van der Waals surface area contributed by atoms with Crippen molar-refractivity contribution >= 4 is 17.0 Å². The zero-order valence-corrected chi connectivity index (χ0v) is 11.7. The maximum absolute atomic E-state index is 13.3. The lowest BCUT2D eigenvalue weighted by molar-refractivity contribution is 0.629. The molecule has 20 heavy (non-hydrogen) atoms. The summed E-state index contributed by atoms with van der Waals surface area (Å²) < 4.78 is 15.2. The fraction of sp³-hybridized carbons (Fsp3) is 0.188. The first-order valence-corrected chi connectivity index (χ1v) is 6.49. The maximum atomic E-state index is 13.3. The SMILES string of the molecule is Cc1cc(C)c(-n2c(N)nc3cc(F)ccc32)c(C)c1. The van der Waals surface area contributed by atoms with Crippen molar-refractivity contribution in [2.75, 3.05) is 5.73 Å². The van der Waals surface area contributed by atoms with Crippen LogP contribution in [-0.4, -0.2) is 9.55 Å². The Morgan fingerprint density at radius 2 is 1.70 bits per heavy atom. The molecule has 0 bridgehead atoms. The number of halogens is 1. The minimum atomic E-state index is -0.306. The summed E-state index contributed by atoms with van der Waals surface area (Å²) in [4.78, 5) is 4.26. The van der Waals surface area contributed by atoms with E-state index in [9.17, 15) is 4.39 Å². The molecule has 2 aromatic carbocycles. The van der Waals surface area contributed by atoms with Gasteiger partial charge in [0.1, 0.15) is 5.82 Å². The molecule has 0 amide bonds. The van der Waals surface area contributed by atoms with Crippen molar-refractivity contribution < 1.29 is 4.39 Å². The van der Waals surface area contributed by atoms with E-state index in [4.69, 9.17) is 5.73 Å². The average Bonchev–Trinajstić information content (AvgIpc) is 2.64. The maximum Gasteiger partial charge on any atom is 0.205 e. The third-order valence-electron chi connectivity index (χ3n) is 3.50. The number of aryl methyl sites for hydroxylation is 3. The van der Waals surface area contributed by atoms with Crippen molar-refractivity contribution in [2.24, 2.45) is 0 Å². The number of aromatic nitrogens is 2. The van der Waals surface area contributed by atoms with E-state index >= 15 is 0 Å². The summed E-state index contributed by atoms with van der Waals surface area (Å²) in [6, 6.07) is 8.76. The molecule has 3 rings (SSSR count). The van der Waals surface area contributed by atoms with Crippen LogP contribution in [0.1, 0.15) is 16.7 Å². The molecule has 0 aliphatic rings. The molecule has 0 atom stereocenters. The van der Waals surface area contributed by atoms with Gasteiger partial charge in [-0.3, -0.25) is 4.57 Å². The molecule has 0 aliphatic heterocycles. The fourth-order valence-electron chi connectivity index (χ4n) is 2.83. The van der Waals surface area contributed by atoms with Crippen molar-refractivity contribution in [1.29, 1.82) is 0 Å². The number of nitrogens with zero attached hydrogens (tertiary/aromatic N) is 2. The highest BCUT2D eigenvalue weighted by molar-refractivity contribution is 5.81. The first-order valence-electron chi connectivity index (χ1n) is 6.49. The summed E-state index contributed by atoms with van der Waals surface area (Å²) in [7, 11) is 0. The molecule has 3 aromatic rings. The van der Waals surface area contributed by atoms with Crippen molar-refractivity contribution in [3.63, 3.8) is 0 Å². The van der Waals surface area contributed by atoms with Gasteiger partial charge < -0.3 is 5.73 Å². The van der Waals surface area contributed by atoms with Crippen molar-refractivity contribution in [2.45, 2.75) is 20.8 Å². The molecule has 2 N–H and O–H groups in total. The lowest BCUT2D eigenvalue weighted by Crippen LogP contribution is -2.05. The molecule has 1 aromatic heterocycles. The van der Waals surface area contributed by atoms with Gasteiger partial charge in [-0.05, 0) is 44.0 Å². The summed E-state index contributed by atoms with van der Waals surface area (Å²) in [5.41, 5.74) is 11.9. The Balaban J connectivity index is 2.38. The van der Waals surface area contributed by atoms with Crippen LogP contribution in [0.2, 0.25) is 0 Å². The van der Waals surface area contributed by atoms with E-state index in [1.807, 2.05) is 18.4 Å². The molecule has 0 fully saturated rings. The molecule has 0 spiro atoms. The normalized spacial score (nSPS) is 11.2. The van der Waals surface area contributed by atoms with Crippen LogP contribution in [-0.2, 0) is 0 Å². The van der Waals surface area contributed by atoms with Crippen LogP contribution >= 0.6 is 0 Å². The van der Waals surface area contributed by atoms with Gasteiger partial charge in [-0.25, -0.2) is 9.37 Å². The predicted molar refractivity (Wildman–Crippen MR) is 79.7 cm³/mol. The zero-order valence-electron chi connectivity index (χ0n) is 11.7. The second-order valence-electron chi connectivity index (χ2n) is 5.19. The van der Waals surface area contributed by atoms with E-state index in [-0.39, 0.29) is 5.82 Å². The number of hydrogen-bond acceptors (Lipinski definition) is 2. The van der Waals surface area contributed by atoms with E-state index in [1.165, 1.54) is 17.7 Å². The summed E-state index contributed by atoms with van der Waals surface area (Å²) in [6.45, 7) is 6.16. The quantitative estimate of drug-likeness (QED) is 0.732. The Kier molecular flexibility index (Phi) is 2.74. The third-order valence-corrected chi connectivity index (χ3v) is 3.50. The van der Waals surface area contributed by atoms with Gasteiger partial charge in [-0.2, -0.15) is 0 Å². The van der Waals surface area contributed by atoms with Crippen LogP contribution in [0.5, 0.6) is 0 Å². The largest absolute Gasteiger partial charge is 0.369 e. The van der Waals surface area contributed by atoms with Crippen LogP contribution in [0.25, 0.3) is 16.7 Å². The lowest BCUT2D eigenvalue weighted by atomic mass is 10.0. The van der Waals surface area contributed by atoms with Gasteiger partial charge in [0.2, 0.25) is 5.95 Å². The monoisotopic (exact) mass is 269 g/mol. The van der Waals surface area contributed by atoms with Gasteiger partial charge in [0, 0.05) is 6.07 Å². The number of imidazole rings is 1. The Labute approximate surface area is 116 Å². The van der Waals surface area contributed by atoms with Gasteiger partial charge in [0.25, 0.3) is 0 Å². The highest BCUT2D eigenvalue weighted by Gasteiger charge is 2.14. The highest BCUT2D eigenvalue weighted by Crippen LogP contribution is 2.28. The zero-order chi connectivity index (χ0) is 14.4. The Hall–Kier alpha value is -2.36. The first kappa shape index (κ1) is 12.7. The molecule has 0 aliphatic carbocycles. The average molecular weight is 269 g/mol. The molecule has 0 saturated carbocycles. The Morgan fingerprint density at radius 1 is 1.05 bits per heavy atom. The van der Waals surface area contributed by atoms with E-state index < -0.39 is 0 Å². The van der Waals surface area contributed by atoms with Crippen molar-refractivity contribution in [3.05, 3.63) is 52.8 Å². The predicted octanol–water partition coefficient (Wildman–Crippen LogP) is 3.67. The number of fused-ring (bicyclic) bond motifs is 1. The molecule has 0 unspecified atom stereocenters. The third kappa shape index (κ3) is 1.84. The van der Waals surface area contributed by atoms with E-state index in [1.54, 1.807) is 6.07 Å². The van der Waals surface area contributed by atoms with Gasteiger partial charge in [0.15, 0.2) is 0 Å². The van der Waals surface area contributed by atoms with Gasteiger partial charge in [0.05, 0.1) is 16.7 Å². The van der Waals surface area contributed by atoms with Crippen LogP contribution < -0.4 is 5.73 Å². The van der Waals surface area contributed by atoms with E-state index in [2.05, 4.69) is 24.0 Å². The second kappa shape index (κ2) is 4.34. The van der Waals surface area contributed by atoms with Gasteiger partial charge in [-0.1, -0.05) is 17.7 Å². The number of nitrogens with two attached hydrogens (primary N) is 1. The number of nitrogen functional groups attached to an aromatic ring is 1. The van der Waals surface area contributed by atoms with Crippen molar-refractivity contribution in [3.8, 4) is 5.69 Å². The van der Waals surface area contributed by atoms with Crippen LogP contribution in [0.4, 0.5) is 10.3 Å². The van der Waals surface area contributed by atoms with Gasteiger partial charge >= 0.3 is 0 Å². The van der Waals surface area contributed by atoms with Crippen LogP contribution in [0.3, 0.4) is 0 Å². The van der Waals surface area contributed by atoms with Crippen LogP contribution in [0, 0.1) is 26.6 Å². The Morgan fingerprint density at radius 3 is 2.35 bits per heavy atom. The molecule has 0 saturated heterocycles. The lowest BCUT2D eigenvalue weighted by Gasteiger charge is -2.14. The molecular weight excluding hydrogens is 253 g/mol. The van der Waals surface area contributed by atoms with Gasteiger partial charge in [-0.15, -0.1) is 0 Å². The Bertz CT molecular complexity index is 795. The smallest absolute Gasteiger partial charge is 0.205 e. The summed E-state index contributed by atoms with van der Waals surface area (Å²) in [6.07, 6.45) is 0. The summed E-state index contributed by atoms with van der Waals surface area (Å²) in [5, 5.41) is 0. The molecule has 1 heterocycles. The van der Waals surface area contributed by atoms with Crippen LogP contribution in [0.15, 0.2) is 30.3 Å². The number of anilines is 1. The minimum absolute atomic E-state index is 0.306. The summed E-state index contributed by atoms with van der Waals surface area (Å²) >= 11 is 0. The van der Waals surface area contributed by atoms with E-state index in [0.29, 0.717) is 11.5 Å². The molecule has 0 radical (unpaired) electrons. The molecule has 3 nitrogen and oxygen atoms in total. The number of rotatable bonds is 1. The fourth-order valence-corrected chi connectivity index (χ4v) is 2.83. The number of hydrogen-bond donors (Lipinski definition) is 1. The summed E-state index contributed by atoms with van der Waals surface area (Å²) in [5.74, 6) is 0.0696. The minimum Gasteiger partial charge on any atom is -0.369 e. The number of benzene rings is 2. The highest BCUT2D eigenvalue weighted by atomic mass is 19.1. The topological polar surface area (TPSA) is 43.8 Å². The second-order valence-corrected chi connectivity index (χ2v) is 5.19. The van der Waals surface area contributed by atoms with E-state index in [0.717, 1.165) is 22.3 Å². The molecule has 4 heteroatoms. The molecule has 102 valence electrons. The molecular formula is C16H16FN3.